The highest BCUT2D eigenvalue weighted by molar-refractivity contribution is 5.83. The summed E-state index contributed by atoms with van der Waals surface area (Å²) in [5, 5.41) is 0.906. The number of carbonyl (C=O) groups excluding carboxylic acids is 1. The Bertz CT molecular complexity index is 1020. The van der Waals surface area contributed by atoms with Gasteiger partial charge in [0.05, 0.1) is 32.4 Å². The molecule has 2 saturated carbocycles. The molecular formula is C23H28N4O4. The molecule has 164 valence electrons. The lowest BCUT2D eigenvalue weighted by molar-refractivity contribution is -0.138. The van der Waals surface area contributed by atoms with Crippen LogP contribution in [0.15, 0.2) is 18.3 Å². The fourth-order valence-corrected chi connectivity index (χ4v) is 6.31. The van der Waals surface area contributed by atoms with Gasteiger partial charge in [-0.3, -0.25) is 4.79 Å². The molecule has 2 saturated heterocycles. The van der Waals surface area contributed by atoms with Crippen molar-refractivity contribution in [1.29, 1.82) is 0 Å². The van der Waals surface area contributed by atoms with E-state index in [1.54, 1.807) is 14.2 Å². The molecule has 0 N–H and O–H groups in total. The molecule has 2 bridgehead atoms. The summed E-state index contributed by atoms with van der Waals surface area (Å²) < 4.78 is 16.7. The number of piperazine rings is 1. The summed E-state index contributed by atoms with van der Waals surface area (Å²) in [5.41, 5.74) is 0.818. The monoisotopic (exact) mass is 424 g/mol. The Morgan fingerprint density at radius 1 is 1.06 bits per heavy atom. The molecule has 1 aromatic heterocycles. The predicted octanol–water partition coefficient (Wildman–Crippen LogP) is 1.97. The SMILES string of the molecule is COc1cc2cnc(N3CCN(C(=O)C4C5CC6OCC4C6C5)CC3)nc2cc1OC. The van der Waals surface area contributed by atoms with Gasteiger partial charge < -0.3 is 24.0 Å². The van der Waals surface area contributed by atoms with Crippen LogP contribution >= 0.6 is 0 Å². The van der Waals surface area contributed by atoms with E-state index >= 15 is 0 Å². The second-order valence-corrected chi connectivity index (χ2v) is 9.21. The number of rotatable bonds is 4. The minimum Gasteiger partial charge on any atom is -0.493 e. The molecule has 4 aliphatic rings. The maximum atomic E-state index is 13.3. The van der Waals surface area contributed by atoms with E-state index in [0.717, 1.165) is 50.1 Å². The fourth-order valence-electron chi connectivity index (χ4n) is 6.31. The van der Waals surface area contributed by atoms with Crippen LogP contribution in [0, 0.1) is 23.7 Å². The number of ether oxygens (including phenoxy) is 3. The second kappa shape index (κ2) is 7.22. The number of fused-ring (bicyclic) bond motifs is 2. The van der Waals surface area contributed by atoms with Crippen LogP contribution in [0.5, 0.6) is 11.5 Å². The van der Waals surface area contributed by atoms with E-state index in [4.69, 9.17) is 19.2 Å². The summed E-state index contributed by atoms with van der Waals surface area (Å²) in [6, 6.07) is 3.77. The second-order valence-electron chi connectivity index (χ2n) is 9.21. The van der Waals surface area contributed by atoms with Crippen LogP contribution in [0.3, 0.4) is 0 Å². The zero-order valence-electron chi connectivity index (χ0n) is 18.0. The van der Waals surface area contributed by atoms with Crippen LogP contribution < -0.4 is 14.4 Å². The smallest absolute Gasteiger partial charge is 0.226 e. The van der Waals surface area contributed by atoms with E-state index in [1.165, 1.54) is 6.42 Å². The van der Waals surface area contributed by atoms with E-state index < -0.39 is 0 Å². The van der Waals surface area contributed by atoms with Crippen molar-refractivity contribution in [2.24, 2.45) is 23.7 Å². The van der Waals surface area contributed by atoms with E-state index in [0.29, 0.717) is 47.2 Å². The van der Waals surface area contributed by atoms with Gasteiger partial charge in [0.25, 0.3) is 0 Å². The van der Waals surface area contributed by atoms with Crippen molar-refractivity contribution in [3.8, 4) is 11.5 Å². The van der Waals surface area contributed by atoms with Crippen molar-refractivity contribution >= 4 is 22.8 Å². The number of benzene rings is 1. The van der Waals surface area contributed by atoms with Gasteiger partial charge in [-0.2, -0.15) is 0 Å². The molecule has 5 unspecified atom stereocenters. The van der Waals surface area contributed by atoms with Crippen molar-refractivity contribution in [3.63, 3.8) is 0 Å². The van der Waals surface area contributed by atoms with E-state index in [-0.39, 0.29) is 5.92 Å². The highest BCUT2D eigenvalue weighted by atomic mass is 16.5. The summed E-state index contributed by atoms with van der Waals surface area (Å²) in [4.78, 5) is 26.9. The summed E-state index contributed by atoms with van der Waals surface area (Å²) in [6.45, 7) is 3.71. The van der Waals surface area contributed by atoms with E-state index in [1.807, 2.05) is 18.3 Å². The molecule has 2 aromatic rings. The number of nitrogens with zero attached hydrogens (tertiary/aromatic N) is 4. The molecule has 4 fully saturated rings. The van der Waals surface area contributed by atoms with Crippen LogP contribution in [-0.2, 0) is 9.53 Å². The Hall–Kier alpha value is -2.61. The molecule has 8 nitrogen and oxygen atoms in total. The van der Waals surface area contributed by atoms with Gasteiger partial charge in [0.1, 0.15) is 0 Å². The Labute approximate surface area is 181 Å². The van der Waals surface area contributed by atoms with Gasteiger partial charge in [0.15, 0.2) is 11.5 Å². The zero-order chi connectivity index (χ0) is 21.1. The largest absolute Gasteiger partial charge is 0.493 e. The molecule has 31 heavy (non-hydrogen) atoms. The number of methoxy groups -OCH3 is 2. The number of hydrogen-bond acceptors (Lipinski definition) is 7. The summed E-state index contributed by atoms with van der Waals surface area (Å²) >= 11 is 0. The molecule has 0 spiro atoms. The summed E-state index contributed by atoms with van der Waals surface area (Å²) in [7, 11) is 3.24. The molecular weight excluding hydrogens is 396 g/mol. The van der Waals surface area contributed by atoms with Gasteiger partial charge in [-0.05, 0) is 36.7 Å². The number of anilines is 1. The van der Waals surface area contributed by atoms with Crippen LogP contribution in [-0.4, -0.2) is 73.9 Å². The van der Waals surface area contributed by atoms with Gasteiger partial charge in [-0.25, -0.2) is 9.97 Å². The third-order valence-electron chi connectivity index (χ3n) is 7.84. The molecule has 6 rings (SSSR count). The van der Waals surface area contributed by atoms with Crippen LogP contribution in [0.25, 0.3) is 10.9 Å². The predicted molar refractivity (Wildman–Crippen MR) is 114 cm³/mol. The first-order chi connectivity index (χ1) is 15.2. The molecule has 5 atom stereocenters. The van der Waals surface area contributed by atoms with Crippen LogP contribution in [0.4, 0.5) is 5.95 Å². The maximum Gasteiger partial charge on any atom is 0.226 e. The fraction of sp³-hybridized carbons (Fsp3) is 0.609. The number of carbonyl (C=O) groups is 1. The van der Waals surface area contributed by atoms with Gasteiger partial charge in [-0.15, -0.1) is 0 Å². The molecule has 2 aliphatic carbocycles. The van der Waals surface area contributed by atoms with Crippen molar-refractivity contribution < 1.29 is 19.0 Å². The number of aromatic nitrogens is 2. The van der Waals surface area contributed by atoms with Crippen LogP contribution in [0.1, 0.15) is 12.8 Å². The van der Waals surface area contributed by atoms with Gasteiger partial charge in [0, 0.05) is 49.7 Å². The van der Waals surface area contributed by atoms with Gasteiger partial charge in [0.2, 0.25) is 11.9 Å². The summed E-state index contributed by atoms with van der Waals surface area (Å²) in [6.07, 6.45) is 4.52. The van der Waals surface area contributed by atoms with Crippen LogP contribution in [0.2, 0.25) is 0 Å². The lowest BCUT2D eigenvalue weighted by Crippen LogP contribution is -2.52. The Kier molecular flexibility index (Phi) is 4.45. The molecule has 2 aliphatic heterocycles. The Morgan fingerprint density at radius 2 is 1.84 bits per heavy atom. The standard InChI is InChI=1S/C23H28N4O4/c1-29-19-9-14-11-24-23(25-17(14)10-20(19)30-2)27-5-3-26(4-6-27)22(28)21-13-7-15-16(21)12-31-18(15)8-13/h9-11,13,15-16,18,21H,3-8,12H2,1-2H3. The number of hydrogen-bond donors (Lipinski definition) is 0. The average Bonchev–Trinajstić information content (AvgIpc) is 3.45. The van der Waals surface area contributed by atoms with Crippen molar-refractivity contribution in [2.75, 3.05) is 51.9 Å². The Morgan fingerprint density at radius 3 is 2.61 bits per heavy atom. The average molecular weight is 425 g/mol. The van der Waals surface area contributed by atoms with Crippen molar-refractivity contribution in [3.05, 3.63) is 18.3 Å². The minimum atomic E-state index is 0.176. The first-order valence-corrected chi connectivity index (χ1v) is 11.2. The maximum absolute atomic E-state index is 13.3. The highest BCUT2D eigenvalue weighted by Gasteiger charge is 2.59. The van der Waals surface area contributed by atoms with Gasteiger partial charge in [-0.1, -0.05) is 0 Å². The normalized spacial score (nSPS) is 31.5. The summed E-state index contributed by atoms with van der Waals surface area (Å²) in [5.74, 6) is 4.14. The molecule has 1 amide bonds. The van der Waals surface area contributed by atoms with Gasteiger partial charge >= 0.3 is 0 Å². The molecule has 3 heterocycles. The van der Waals surface area contributed by atoms with Crippen molar-refractivity contribution in [2.45, 2.75) is 18.9 Å². The number of amides is 1. The van der Waals surface area contributed by atoms with E-state index in [9.17, 15) is 4.79 Å². The quantitative estimate of drug-likeness (QED) is 0.743. The lowest BCUT2D eigenvalue weighted by Gasteiger charge is -2.38. The highest BCUT2D eigenvalue weighted by Crippen LogP contribution is 2.57. The molecule has 0 radical (unpaired) electrons. The third-order valence-corrected chi connectivity index (χ3v) is 7.84. The first kappa shape index (κ1) is 19.1. The third kappa shape index (κ3) is 2.95. The molecule has 1 aromatic carbocycles. The topological polar surface area (TPSA) is 77.0 Å². The first-order valence-electron chi connectivity index (χ1n) is 11.2. The molecule has 8 heteroatoms. The van der Waals surface area contributed by atoms with Crippen molar-refractivity contribution in [1.82, 2.24) is 14.9 Å². The minimum absolute atomic E-state index is 0.176. The van der Waals surface area contributed by atoms with E-state index in [2.05, 4.69) is 14.8 Å². The Balaban J connectivity index is 1.15. The zero-order valence-corrected chi connectivity index (χ0v) is 18.0. The lowest BCUT2D eigenvalue weighted by atomic mass is 9.79.